The van der Waals surface area contributed by atoms with E-state index in [-0.39, 0.29) is 0 Å². The van der Waals surface area contributed by atoms with Crippen LogP contribution in [0.5, 0.6) is 0 Å². The highest BCUT2D eigenvalue weighted by molar-refractivity contribution is 7.26. The van der Waals surface area contributed by atoms with Crippen molar-refractivity contribution in [2.24, 2.45) is 0 Å². The molecule has 0 unspecified atom stereocenters. The first kappa shape index (κ1) is 32.0. The van der Waals surface area contributed by atoms with Crippen molar-refractivity contribution in [3.05, 3.63) is 200 Å². The first-order valence-electron chi connectivity index (χ1n) is 18.7. The molecule has 0 aliphatic carbocycles. The van der Waals surface area contributed by atoms with Crippen molar-refractivity contribution in [2.75, 3.05) is 4.90 Å². The van der Waals surface area contributed by atoms with Crippen molar-refractivity contribution in [1.82, 2.24) is 0 Å². The standard InChI is InChI=1S/C52H33NS2/c1-2-12-34(13-3-1)42-30-29-39(33-46(42)37-26-31-51-47(32-37)44-18-7-8-22-49(44)54-51)53(48-21-11-20-45-43-17-6-9-23-50(43)55-52(45)48)38-27-24-36(25-28-38)41-19-10-15-35-14-4-5-16-40(35)41/h1-33H. The van der Waals surface area contributed by atoms with Crippen LogP contribution in [0.15, 0.2) is 200 Å². The van der Waals surface area contributed by atoms with E-state index < -0.39 is 0 Å². The van der Waals surface area contributed by atoms with Crippen molar-refractivity contribution in [1.29, 1.82) is 0 Å². The molecule has 2 aromatic heterocycles. The Morgan fingerprint density at radius 1 is 0.309 bits per heavy atom. The van der Waals surface area contributed by atoms with E-state index in [1.807, 2.05) is 22.7 Å². The average Bonchev–Trinajstić information content (AvgIpc) is 3.83. The summed E-state index contributed by atoms with van der Waals surface area (Å²) in [5, 5.41) is 7.71. The quantitative estimate of drug-likeness (QED) is 0.164. The molecule has 9 aromatic carbocycles. The number of fused-ring (bicyclic) bond motifs is 7. The number of anilines is 3. The van der Waals surface area contributed by atoms with E-state index in [0.29, 0.717) is 0 Å². The maximum absolute atomic E-state index is 2.46. The highest BCUT2D eigenvalue weighted by atomic mass is 32.1. The zero-order chi connectivity index (χ0) is 36.3. The van der Waals surface area contributed by atoms with Crippen LogP contribution < -0.4 is 4.90 Å². The predicted octanol–water partition coefficient (Wildman–Crippen LogP) is 16.0. The van der Waals surface area contributed by atoms with Crippen LogP contribution in [0, 0.1) is 0 Å². The van der Waals surface area contributed by atoms with Gasteiger partial charge in [0.1, 0.15) is 0 Å². The molecular formula is C52H33NS2. The van der Waals surface area contributed by atoms with Gasteiger partial charge in [-0.25, -0.2) is 0 Å². The van der Waals surface area contributed by atoms with Crippen LogP contribution in [0.4, 0.5) is 17.1 Å². The second-order valence-corrected chi connectivity index (χ2v) is 16.2. The zero-order valence-electron chi connectivity index (χ0n) is 29.8. The summed E-state index contributed by atoms with van der Waals surface area (Å²) in [5.74, 6) is 0. The van der Waals surface area contributed by atoms with E-state index in [2.05, 4.69) is 205 Å². The van der Waals surface area contributed by atoms with Crippen LogP contribution in [-0.4, -0.2) is 0 Å². The summed E-state index contributed by atoms with van der Waals surface area (Å²) in [6.45, 7) is 0. The molecule has 11 rings (SSSR count). The summed E-state index contributed by atoms with van der Waals surface area (Å²) >= 11 is 3.74. The topological polar surface area (TPSA) is 3.24 Å². The molecule has 0 N–H and O–H groups in total. The van der Waals surface area contributed by atoms with Gasteiger partial charge >= 0.3 is 0 Å². The lowest BCUT2D eigenvalue weighted by Crippen LogP contribution is -2.10. The van der Waals surface area contributed by atoms with Crippen LogP contribution in [-0.2, 0) is 0 Å². The van der Waals surface area contributed by atoms with Gasteiger partial charge in [-0.1, -0.05) is 146 Å². The number of thiophene rings is 2. The van der Waals surface area contributed by atoms with E-state index >= 15 is 0 Å². The summed E-state index contributed by atoms with van der Waals surface area (Å²) in [6, 6.07) is 73.5. The van der Waals surface area contributed by atoms with Crippen molar-refractivity contribution >= 4 is 90.9 Å². The number of benzene rings is 9. The molecule has 0 spiro atoms. The average molecular weight is 736 g/mol. The Hall–Kier alpha value is -6.52. The fraction of sp³-hybridized carbons (Fsp3) is 0. The lowest BCUT2D eigenvalue weighted by Gasteiger charge is -2.27. The van der Waals surface area contributed by atoms with Gasteiger partial charge in [-0.05, 0) is 98.8 Å². The van der Waals surface area contributed by atoms with Crippen LogP contribution in [0.2, 0.25) is 0 Å². The molecule has 55 heavy (non-hydrogen) atoms. The highest BCUT2D eigenvalue weighted by Gasteiger charge is 2.21. The molecule has 0 aliphatic rings. The van der Waals surface area contributed by atoms with Gasteiger partial charge in [0, 0.05) is 47.0 Å². The van der Waals surface area contributed by atoms with E-state index in [0.717, 1.165) is 11.4 Å². The third-order valence-electron chi connectivity index (χ3n) is 10.9. The number of hydrogen-bond acceptors (Lipinski definition) is 3. The molecule has 0 atom stereocenters. The van der Waals surface area contributed by atoms with Gasteiger partial charge in [-0.15, -0.1) is 22.7 Å². The molecule has 0 bridgehead atoms. The minimum Gasteiger partial charge on any atom is -0.309 e. The number of rotatable bonds is 6. The zero-order valence-corrected chi connectivity index (χ0v) is 31.4. The number of hydrogen-bond donors (Lipinski definition) is 0. The molecule has 0 fully saturated rings. The Labute approximate surface area is 327 Å². The molecular weight excluding hydrogens is 703 g/mol. The van der Waals surface area contributed by atoms with Gasteiger partial charge in [0.05, 0.1) is 10.4 Å². The fourth-order valence-corrected chi connectivity index (χ4v) is 10.6. The maximum atomic E-state index is 2.46. The van der Waals surface area contributed by atoms with Gasteiger partial charge in [0.25, 0.3) is 0 Å². The fourth-order valence-electron chi connectivity index (χ4n) is 8.28. The number of nitrogens with zero attached hydrogens (tertiary/aromatic N) is 1. The van der Waals surface area contributed by atoms with Crippen LogP contribution in [0.25, 0.3) is 84.5 Å². The lowest BCUT2D eigenvalue weighted by molar-refractivity contribution is 1.30. The van der Waals surface area contributed by atoms with Crippen molar-refractivity contribution in [3.63, 3.8) is 0 Å². The minimum atomic E-state index is 1.12. The second-order valence-electron chi connectivity index (χ2n) is 14.1. The first-order chi connectivity index (χ1) is 27.3. The Morgan fingerprint density at radius 2 is 0.909 bits per heavy atom. The summed E-state index contributed by atoms with van der Waals surface area (Å²) < 4.78 is 5.21. The second kappa shape index (κ2) is 13.1. The molecule has 0 saturated carbocycles. The molecule has 1 nitrogen and oxygen atoms in total. The van der Waals surface area contributed by atoms with Gasteiger partial charge in [-0.2, -0.15) is 0 Å². The van der Waals surface area contributed by atoms with Gasteiger partial charge in [0.2, 0.25) is 0 Å². The summed E-state index contributed by atoms with van der Waals surface area (Å²) in [4.78, 5) is 2.46. The van der Waals surface area contributed by atoms with E-state index in [1.165, 1.54) is 90.2 Å². The Morgan fingerprint density at radius 3 is 1.75 bits per heavy atom. The van der Waals surface area contributed by atoms with Crippen molar-refractivity contribution in [3.8, 4) is 33.4 Å². The molecule has 0 amide bonds. The van der Waals surface area contributed by atoms with Gasteiger partial charge in [0.15, 0.2) is 0 Å². The monoisotopic (exact) mass is 735 g/mol. The summed E-state index contributed by atoms with van der Waals surface area (Å²) in [5.41, 5.74) is 10.7. The van der Waals surface area contributed by atoms with E-state index in [4.69, 9.17) is 0 Å². The van der Waals surface area contributed by atoms with Gasteiger partial charge in [-0.3, -0.25) is 0 Å². The summed E-state index contributed by atoms with van der Waals surface area (Å²) in [6.07, 6.45) is 0. The maximum Gasteiger partial charge on any atom is 0.0640 e. The Bertz CT molecular complexity index is 3200. The predicted molar refractivity (Wildman–Crippen MR) is 241 cm³/mol. The minimum absolute atomic E-state index is 1.12. The molecule has 0 radical (unpaired) electrons. The Balaban J connectivity index is 1.14. The molecule has 258 valence electrons. The first-order valence-corrected chi connectivity index (χ1v) is 20.3. The summed E-state index contributed by atoms with van der Waals surface area (Å²) in [7, 11) is 0. The van der Waals surface area contributed by atoms with E-state index in [1.54, 1.807) is 0 Å². The smallest absolute Gasteiger partial charge is 0.0640 e. The largest absolute Gasteiger partial charge is 0.309 e. The lowest BCUT2D eigenvalue weighted by atomic mass is 9.92. The van der Waals surface area contributed by atoms with Crippen molar-refractivity contribution in [2.45, 2.75) is 0 Å². The van der Waals surface area contributed by atoms with Crippen LogP contribution in [0.3, 0.4) is 0 Å². The van der Waals surface area contributed by atoms with E-state index in [9.17, 15) is 0 Å². The normalized spacial score (nSPS) is 11.6. The molecule has 0 aliphatic heterocycles. The third-order valence-corrected chi connectivity index (χ3v) is 13.2. The highest BCUT2D eigenvalue weighted by Crippen LogP contribution is 2.47. The third kappa shape index (κ3) is 5.43. The molecule has 2 heterocycles. The molecule has 0 saturated heterocycles. The molecule has 3 heteroatoms. The SMILES string of the molecule is c1ccc(-c2ccc(N(c3ccc(-c4cccc5ccccc45)cc3)c3cccc4c3sc3ccccc34)cc2-c2ccc3sc4ccccc4c3c2)cc1. The Kier molecular flexibility index (Phi) is 7.61. The molecule has 11 aromatic rings. The van der Waals surface area contributed by atoms with Crippen molar-refractivity contribution < 1.29 is 0 Å². The van der Waals surface area contributed by atoms with Crippen LogP contribution in [0.1, 0.15) is 0 Å². The van der Waals surface area contributed by atoms with Gasteiger partial charge < -0.3 is 4.90 Å². The van der Waals surface area contributed by atoms with Crippen LogP contribution >= 0.6 is 22.7 Å².